The normalized spacial score (nSPS) is 10.9. The number of amides is 1. The van der Waals surface area contributed by atoms with Gasteiger partial charge in [-0.3, -0.25) is 10.1 Å². The average molecular weight is 443 g/mol. The lowest BCUT2D eigenvalue weighted by Crippen LogP contribution is -2.07. The fourth-order valence-corrected chi connectivity index (χ4v) is 3.54. The third-order valence-corrected chi connectivity index (χ3v) is 5.02. The van der Waals surface area contributed by atoms with Gasteiger partial charge in [0.05, 0.1) is 12.3 Å². The molecule has 1 amide bonds. The molecule has 0 atom stereocenters. The monoisotopic (exact) mass is 442 g/mol. The highest BCUT2D eigenvalue weighted by atomic mass is 79.9. The minimum Gasteiger partial charge on any atom is -0.493 e. The summed E-state index contributed by atoms with van der Waals surface area (Å²) >= 11 is 4.84. The van der Waals surface area contributed by atoms with Crippen molar-refractivity contribution < 1.29 is 9.53 Å². The first-order valence-corrected chi connectivity index (χ1v) is 10.2. The lowest BCUT2D eigenvalue weighted by Gasteiger charge is -2.07. The van der Waals surface area contributed by atoms with E-state index in [4.69, 9.17) is 4.74 Å². The average Bonchev–Trinajstić information content (AvgIpc) is 3.11. The second-order valence-corrected chi connectivity index (χ2v) is 7.62. The molecule has 0 aliphatic heterocycles. The summed E-state index contributed by atoms with van der Waals surface area (Å²) in [7, 11) is 0. The SMILES string of the molecule is CCOc1ccc(Br)cc1/C=C/C(=O)Nc1nc(-c2ccc(C)cc2)cs1. The number of nitrogens with one attached hydrogen (secondary N) is 1. The van der Waals surface area contributed by atoms with Crippen LogP contribution in [0, 0.1) is 6.92 Å². The zero-order valence-electron chi connectivity index (χ0n) is 15.0. The maximum Gasteiger partial charge on any atom is 0.250 e. The summed E-state index contributed by atoms with van der Waals surface area (Å²) in [5, 5.41) is 5.31. The third kappa shape index (κ3) is 5.28. The van der Waals surface area contributed by atoms with E-state index in [0.29, 0.717) is 11.7 Å². The molecule has 3 rings (SSSR count). The predicted molar refractivity (Wildman–Crippen MR) is 115 cm³/mol. The highest BCUT2D eigenvalue weighted by molar-refractivity contribution is 9.10. The van der Waals surface area contributed by atoms with Crippen LogP contribution in [0.15, 0.2) is 58.4 Å². The Labute approximate surface area is 171 Å². The first-order valence-electron chi connectivity index (χ1n) is 8.49. The molecule has 0 aliphatic carbocycles. The van der Waals surface area contributed by atoms with Crippen molar-refractivity contribution in [3.63, 3.8) is 0 Å². The largest absolute Gasteiger partial charge is 0.493 e. The van der Waals surface area contributed by atoms with Crippen LogP contribution in [0.2, 0.25) is 0 Å². The Morgan fingerprint density at radius 1 is 1.26 bits per heavy atom. The first kappa shape index (κ1) is 19.3. The fraction of sp³-hybridized carbons (Fsp3) is 0.143. The van der Waals surface area contributed by atoms with Gasteiger partial charge in [-0.25, -0.2) is 4.98 Å². The summed E-state index contributed by atoms with van der Waals surface area (Å²) < 4.78 is 6.51. The molecule has 0 radical (unpaired) electrons. The minimum atomic E-state index is -0.234. The van der Waals surface area contributed by atoms with Crippen molar-refractivity contribution >= 4 is 44.4 Å². The number of halogens is 1. The molecule has 4 nitrogen and oxygen atoms in total. The lowest BCUT2D eigenvalue weighted by atomic mass is 10.1. The predicted octanol–water partition coefficient (Wildman–Crippen LogP) is 5.93. The Morgan fingerprint density at radius 3 is 2.78 bits per heavy atom. The maximum atomic E-state index is 12.2. The molecule has 2 aromatic carbocycles. The van der Waals surface area contributed by atoms with Gasteiger partial charge in [0.1, 0.15) is 5.75 Å². The summed E-state index contributed by atoms with van der Waals surface area (Å²) in [5.41, 5.74) is 3.92. The second kappa shape index (κ2) is 8.97. The van der Waals surface area contributed by atoms with Gasteiger partial charge in [0, 0.05) is 27.1 Å². The number of ether oxygens (including phenoxy) is 1. The molecule has 0 fully saturated rings. The number of rotatable bonds is 6. The van der Waals surface area contributed by atoms with Crippen molar-refractivity contribution in [1.82, 2.24) is 4.98 Å². The molecule has 0 aliphatic rings. The van der Waals surface area contributed by atoms with Crippen LogP contribution < -0.4 is 10.1 Å². The smallest absolute Gasteiger partial charge is 0.250 e. The van der Waals surface area contributed by atoms with Crippen LogP contribution in [-0.4, -0.2) is 17.5 Å². The minimum absolute atomic E-state index is 0.234. The Hall–Kier alpha value is -2.44. The van der Waals surface area contributed by atoms with Gasteiger partial charge >= 0.3 is 0 Å². The first-order chi connectivity index (χ1) is 13.0. The van der Waals surface area contributed by atoms with E-state index >= 15 is 0 Å². The van der Waals surface area contributed by atoms with Crippen molar-refractivity contribution in [2.75, 3.05) is 11.9 Å². The molecule has 3 aromatic rings. The number of carbonyl (C=O) groups is 1. The highest BCUT2D eigenvalue weighted by Crippen LogP contribution is 2.26. The van der Waals surface area contributed by atoms with Gasteiger partial charge in [-0.15, -0.1) is 11.3 Å². The molecular weight excluding hydrogens is 424 g/mol. The molecular formula is C21H19BrN2O2S. The van der Waals surface area contributed by atoms with E-state index in [0.717, 1.165) is 27.0 Å². The number of hydrogen-bond donors (Lipinski definition) is 1. The van der Waals surface area contributed by atoms with Crippen LogP contribution >= 0.6 is 27.3 Å². The number of nitrogens with zero attached hydrogens (tertiary/aromatic N) is 1. The van der Waals surface area contributed by atoms with Crippen LogP contribution in [-0.2, 0) is 4.79 Å². The van der Waals surface area contributed by atoms with Crippen molar-refractivity contribution in [2.45, 2.75) is 13.8 Å². The van der Waals surface area contributed by atoms with E-state index in [1.165, 1.54) is 23.0 Å². The number of aromatic nitrogens is 1. The quantitative estimate of drug-likeness (QED) is 0.481. The third-order valence-electron chi connectivity index (χ3n) is 3.77. The molecule has 0 saturated heterocycles. The van der Waals surface area contributed by atoms with E-state index in [1.54, 1.807) is 6.08 Å². The van der Waals surface area contributed by atoms with Gasteiger partial charge in [-0.05, 0) is 38.1 Å². The van der Waals surface area contributed by atoms with Crippen LogP contribution in [0.5, 0.6) is 5.75 Å². The van der Waals surface area contributed by atoms with Gasteiger partial charge in [-0.2, -0.15) is 0 Å². The molecule has 0 bridgehead atoms. The number of benzene rings is 2. The van der Waals surface area contributed by atoms with E-state index in [-0.39, 0.29) is 5.91 Å². The molecule has 0 spiro atoms. The number of aryl methyl sites for hydroxylation is 1. The molecule has 0 unspecified atom stereocenters. The lowest BCUT2D eigenvalue weighted by molar-refractivity contribution is -0.111. The summed E-state index contributed by atoms with van der Waals surface area (Å²) in [6.07, 6.45) is 3.22. The van der Waals surface area contributed by atoms with E-state index < -0.39 is 0 Å². The Balaban J connectivity index is 1.69. The molecule has 6 heteroatoms. The van der Waals surface area contributed by atoms with Crippen LogP contribution in [0.4, 0.5) is 5.13 Å². The summed E-state index contributed by atoms with van der Waals surface area (Å²) in [4.78, 5) is 16.7. The number of anilines is 1. The molecule has 1 aromatic heterocycles. The van der Waals surface area contributed by atoms with Crippen molar-refractivity contribution in [1.29, 1.82) is 0 Å². The van der Waals surface area contributed by atoms with E-state index in [9.17, 15) is 4.79 Å². The maximum absolute atomic E-state index is 12.2. The van der Waals surface area contributed by atoms with Crippen LogP contribution in [0.3, 0.4) is 0 Å². The second-order valence-electron chi connectivity index (χ2n) is 5.84. The number of thiazole rings is 1. The molecule has 138 valence electrons. The number of hydrogen-bond acceptors (Lipinski definition) is 4. The molecule has 1 heterocycles. The topological polar surface area (TPSA) is 51.2 Å². The highest BCUT2D eigenvalue weighted by Gasteiger charge is 2.07. The molecule has 1 N–H and O–H groups in total. The fourth-order valence-electron chi connectivity index (χ4n) is 2.44. The summed E-state index contributed by atoms with van der Waals surface area (Å²) in [6.45, 7) is 4.54. The summed E-state index contributed by atoms with van der Waals surface area (Å²) in [6, 6.07) is 13.8. The van der Waals surface area contributed by atoms with Gasteiger partial charge in [-0.1, -0.05) is 45.8 Å². The van der Waals surface area contributed by atoms with E-state index in [1.807, 2.05) is 61.7 Å². The van der Waals surface area contributed by atoms with Crippen molar-refractivity contribution in [3.8, 4) is 17.0 Å². The van der Waals surface area contributed by atoms with E-state index in [2.05, 4.69) is 26.2 Å². The summed E-state index contributed by atoms with van der Waals surface area (Å²) in [5.74, 6) is 0.503. The van der Waals surface area contributed by atoms with Crippen molar-refractivity contribution in [2.24, 2.45) is 0 Å². The Bertz CT molecular complexity index is 965. The molecule has 27 heavy (non-hydrogen) atoms. The van der Waals surface area contributed by atoms with Gasteiger partial charge in [0.25, 0.3) is 0 Å². The Kier molecular flexibility index (Phi) is 6.42. The van der Waals surface area contributed by atoms with Crippen LogP contribution in [0.25, 0.3) is 17.3 Å². The number of carbonyl (C=O) groups excluding carboxylic acids is 1. The van der Waals surface area contributed by atoms with Crippen LogP contribution in [0.1, 0.15) is 18.1 Å². The zero-order chi connectivity index (χ0) is 19.2. The van der Waals surface area contributed by atoms with Gasteiger partial charge < -0.3 is 4.74 Å². The standard InChI is InChI=1S/C21H19BrN2O2S/c1-3-26-19-10-9-17(22)12-16(19)8-11-20(25)24-21-23-18(13-27-21)15-6-4-14(2)5-7-15/h4-13H,3H2,1-2H3,(H,23,24,25)/b11-8+. The Morgan fingerprint density at radius 2 is 2.04 bits per heavy atom. The van der Waals surface area contributed by atoms with Crippen molar-refractivity contribution in [3.05, 3.63) is 69.5 Å². The van der Waals surface area contributed by atoms with Gasteiger partial charge in [0.15, 0.2) is 5.13 Å². The zero-order valence-corrected chi connectivity index (χ0v) is 17.4. The molecule has 0 saturated carbocycles. The van der Waals surface area contributed by atoms with Gasteiger partial charge in [0.2, 0.25) is 5.91 Å².